The lowest BCUT2D eigenvalue weighted by Gasteiger charge is -2.28. The Morgan fingerprint density at radius 1 is 0.875 bits per heavy atom. The highest BCUT2D eigenvalue weighted by atomic mass is 31.2. The molecule has 0 saturated heterocycles. The lowest BCUT2D eigenvalue weighted by atomic mass is 10.6. The first-order valence-electron chi connectivity index (χ1n) is 2.90. The van der Waals surface area contributed by atoms with Gasteiger partial charge in [-0.15, -0.1) is 13.2 Å². The van der Waals surface area contributed by atoms with Gasteiger partial charge < -0.3 is 4.89 Å². The summed E-state index contributed by atoms with van der Waals surface area (Å²) in [6, 6.07) is 0. The molecule has 0 radical (unpaired) electrons. The largest absolute Gasteiger partial charge is 0.756 e. The van der Waals surface area contributed by atoms with Gasteiger partial charge in [0, 0.05) is 0 Å². The summed E-state index contributed by atoms with van der Waals surface area (Å²) in [7, 11) is -6.88. The van der Waals surface area contributed by atoms with Crippen LogP contribution in [-0.4, -0.2) is 18.6 Å². The second kappa shape index (κ2) is 4.09. The topological polar surface area (TPSA) is 58.6 Å². The van der Waals surface area contributed by atoms with Crippen LogP contribution in [0.2, 0.25) is 0 Å². The first-order valence-corrected chi connectivity index (χ1v) is 4.36. The molecule has 0 heterocycles. The van der Waals surface area contributed by atoms with Crippen LogP contribution in [0.25, 0.3) is 0 Å². The molecule has 0 spiro atoms. The molecule has 13 heteroatoms. The molecule has 0 aliphatic heterocycles. The molecule has 98 valence electrons. The zero-order valence-electron chi connectivity index (χ0n) is 6.60. The molecule has 0 rings (SSSR count). The number of halogens is 8. The lowest BCUT2D eigenvalue weighted by molar-refractivity contribution is -0.393. The third-order valence-electron chi connectivity index (χ3n) is 0.772. The molecule has 1 unspecified atom stereocenters. The second-order valence-electron chi connectivity index (χ2n) is 2.09. The molecule has 0 amide bonds. The fraction of sp³-hybridized carbons (Fsp3) is 1.00. The first kappa shape index (κ1) is 15.6. The molecule has 0 bridgehead atoms. The summed E-state index contributed by atoms with van der Waals surface area (Å²) in [6.45, 7) is 0. The fourth-order valence-electron chi connectivity index (χ4n) is 0.338. The van der Waals surface area contributed by atoms with Gasteiger partial charge in [0.25, 0.3) is 7.82 Å². The Balaban J connectivity index is 4.79. The van der Waals surface area contributed by atoms with Crippen LogP contribution < -0.4 is 4.89 Å². The van der Waals surface area contributed by atoms with E-state index in [9.17, 15) is 44.6 Å². The minimum Gasteiger partial charge on any atom is -0.756 e. The third kappa shape index (κ3) is 5.05. The van der Waals surface area contributed by atoms with Gasteiger partial charge >= 0.3 is 18.6 Å². The van der Waals surface area contributed by atoms with E-state index >= 15 is 0 Å². The zero-order valence-corrected chi connectivity index (χ0v) is 7.50. The maximum absolute atomic E-state index is 11.8. The molecule has 4 nitrogen and oxygen atoms in total. The number of phosphoric acid groups is 1. The van der Waals surface area contributed by atoms with E-state index in [4.69, 9.17) is 0 Å². The number of phosphoric ester groups is 1. The van der Waals surface area contributed by atoms with Crippen molar-refractivity contribution in [2.24, 2.45) is 0 Å². The van der Waals surface area contributed by atoms with E-state index in [0.29, 0.717) is 0 Å². The van der Waals surface area contributed by atoms with Crippen molar-refractivity contribution in [3.8, 4) is 0 Å². The summed E-state index contributed by atoms with van der Waals surface area (Å²) in [5.41, 5.74) is 0. The van der Waals surface area contributed by atoms with Crippen LogP contribution in [0.5, 0.6) is 0 Å². The lowest BCUT2D eigenvalue weighted by Crippen LogP contribution is -2.40. The summed E-state index contributed by atoms with van der Waals surface area (Å²) < 4.78 is 105. The highest BCUT2D eigenvalue weighted by Crippen LogP contribution is 2.52. The predicted molar refractivity (Wildman–Crippen MR) is 26.8 cm³/mol. The number of rotatable bonds is 3. The van der Waals surface area contributed by atoms with E-state index in [1.807, 2.05) is 9.05 Å². The van der Waals surface area contributed by atoms with Crippen molar-refractivity contribution in [2.75, 3.05) is 0 Å². The maximum atomic E-state index is 11.8. The monoisotopic (exact) mass is 283 g/mol. The fourth-order valence-corrected chi connectivity index (χ4v) is 1.01. The Bertz CT molecular complexity index is 293. The molecule has 1 atom stereocenters. The molecular weight excluding hydrogens is 283 g/mol. The van der Waals surface area contributed by atoms with Gasteiger partial charge in [0.2, 0.25) is 0 Å². The highest BCUT2D eigenvalue weighted by Gasteiger charge is 2.62. The van der Waals surface area contributed by atoms with Crippen molar-refractivity contribution in [3.63, 3.8) is 0 Å². The third-order valence-corrected chi connectivity index (χ3v) is 1.66. The molecule has 0 aromatic heterocycles. The SMILES string of the molecule is O=P([O-])(OC(F)(F)F)OC(F)(F)C(F)(F)F. The van der Waals surface area contributed by atoms with Crippen LogP contribution in [0.4, 0.5) is 35.1 Å². The maximum Gasteiger partial charge on any atom is 0.528 e. The Kier molecular flexibility index (Phi) is 3.98. The average Bonchev–Trinajstić information content (AvgIpc) is 1.72. The van der Waals surface area contributed by atoms with E-state index in [0.717, 1.165) is 0 Å². The van der Waals surface area contributed by atoms with Gasteiger partial charge in [-0.25, -0.2) is 9.05 Å². The van der Waals surface area contributed by atoms with Crippen LogP contribution in [0.3, 0.4) is 0 Å². The Morgan fingerprint density at radius 2 is 1.25 bits per heavy atom. The van der Waals surface area contributed by atoms with Crippen molar-refractivity contribution in [2.45, 2.75) is 18.6 Å². The van der Waals surface area contributed by atoms with Crippen LogP contribution in [0.1, 0.15) is 0 Å². The smallest absolute Gasteiger partial charge is 0.528 e. The van der Waals surface area contributed by atoms with Crippen LogP contribution >= 0.6 is 7.82 Å². The quantitative estimate of drug-likeness (QED) is 0.588. The minimum absolute atomic E-state index is 1.95. The van der Waals surface area contributed by atoms with Gasteiger partial charge in [-0.1, -0.05) is 0 Å². The van der Waals surface area contributed by atoms with Crippen LogP contribution in [0.15, 0.2) is 0 Å². The number of hydrogen-bond acceptors (Lipinski definition) is 4. The van der Waals surface area contributed by atoms with Crippen molar-refractivity contribution < 1.29 is 53.6 Å². The Morgan fingerprint density at radius 3 is 1.50 bits per heavy atom. The van der Waals surface area contributed by atoms with Gasteiger partial charge in [0.1, 0.15) is 0 Å². The summed E-state index contributed by atoms with van der Waals surface area (Å²) in [4.78, 5) is 9.99. The van der Waals surface area contributed by atoms with Gasteiger partial charge in [-0.05, 0) is 0 Å². The zero-order chi connectivity index (χ0) is 13.4. The molecule has 16 heavy (non-hydrogen) atoms. The van der Waals surface area contributed by atoms with Crippen molar-refractivity contribution in [1.29, 1.82) is 0 Å². The summed E-state index contributed by atoms with van der Waals surface area (Å²) in [6.07, 6.45) is -18.8. The molecule has 0 N–H and O–H groups in total. The first-order chi connectivity index (χ1) is 6.66. The molecule has 0 aromatic rings. The average molecular weight is 283 g/mol. The molecule has 0 fully saturated rings. The summed E-state index contributed by atoms with van der Waals surface area (Å²) >= 11 is 0. The number of hydrogen-bond donors (Lipinski definition) is 0. The van der Waals surface area contributed by atoms with E-state index < -0.39 is 26.5 Å². The van der Waals surface area contributed by atoms with Crippen LogP contribution in [-0.2, 0) is 13.6 Å². The second-order valence-corrected chi connectivity index (χ2v) is 3.35. The van der Waals surface area contributed by atoms with Crippen molar-refractivity contribution >= 4 is 7.82 Å². The van der Waals surface area contributed by atoms with Gasteiger partial charge in [0.05, 0.1) is 0 Å². The minimum atomic E-state index is -6.88. The van der Waals surface area contributed by atoms with Gasteiger partial charge in [-0.3, -0.25) is 4.57 Å². The Labute approximate surface area is 81.4 Å². The molecule has 0 aliphatic carbocycles. The van der Waals surface area contributed by atoms with E-state index in [1.54, 1.807) is 0 Å². The standard InChI is InChI=1S/C3HF8O4P/c4-1(5,6)2(7,8)14-16(12,13)15-3(9,10)11/h(H,12,13)/p-1. The Hall–Kier alpha value is -0.450. The van der Waals surface area contributed by atoms with E-state index in [2.05, 4.69) is 0 Å². The molecule has 0 saturated carbocycles. The van der Waals surface area contributed by atoms with Crippen LogP contribution in [0, 0.1) is 0 Å². The summed E-state index contributed by atoms with van der Waals surface area (Å²) in [5.74, 6) is 0. The predicted octanol–water partition coefficient (Wildman–Crippen LogP) is 2.16. The van der Waals surface area contributed by atoms with Crippen molar-refractivity contribution in [1.82, 2.24) is 0 Å². The summed E-state index contributed by atoms with van der Waals surface area (Å²) in [5, 5.41) is 0. The molecule has 0 aromatic carbocycles. The van der Waals surface area contributed by atoms with Gasteiger partial charge in [-0.2, -0.15) is 22.0 Å². The van der Waals surface area contributed by atoms with E-state index in [1.165, 1.54) is 0 Å². The number of alkyl halides is 8. The highest BCUT2D eigenvalue weighted by molar-refractivity contribution is 7.45. The van der Waals surface area contributed by atoms with Crippen molar-refractivity contribution in [3.05, 3.63) is 0 Å². The van der Waals surface area contributed by atoms with Gasteiger partial charge in [0.15, 0.2) is 0 Å². The molecular formula is C3F8O4P-. The molecule has 0 aliphatic rings. The van der Waals surface area contributed by atoms with E-state index in [-0.39, 0.29) is 0 Å². The normalized spacial score (nSPS) is 18.3.